The van der Waals surface area contributed by atoms with Gasteiger partial charge in [0, 0.05) is 12.1 Å². The minimum atomic E-state index is 0.0991. The van der Waals surface area contributed by atoms with Gasteiger partial charge in [0.2, 0.25) is 0 Å². The molecule has 0 aliphatic carbocycles. The van der Waals surface area contributed by atoms with Crippen molar-refractivity contribution in [3.05, 3.63) is 17.0 Å². The summed E-state index contributed by atoms with van der Waals surface area (Å²) < 4.78 is 1.72. The van der Waals surface area contributed by atoms with Crippen molar-refractivity contribution in [1.82, 2.24) is 19.6 Å². The molecule has 7 heteroatoms. The minimum absolute atomic E-state index is 0.0991. The van der Waals surface area contributed by atoms with E-state index in [4.69, 9.17) is 11.6 Å². The smallest absolute Gasteiger partial charge is 0.255 e. The number of nitrogens with zero attached hydrogens (tertiary/aromatic N) is 5. The highest BCUT2D eigenvalue weighted by Gasteiger charge is 2.26. The standard InChI is InChI=1S/C13H18ClN5O/c1-9-11(14)17-13-15-8-16-19(13)12(9)18-6-4-2-3-5-10(18)7-20/h8,10,20H,2-7H2,1H3. The molecule has 0 spiro atoms. The number of anilines is 1. The lowest BCUT2D eigenvalue weighted by Gasteiger charge is -2.31. The Bertz CT molecular complexity index is 614. The third kappa shape index (κ3) is 2.23. The number of aliphatic hydroxyl groups is 1. The SMILES string of the molecule is Cc1c(Cl)nc2ncnn2c1N1CCCCCC1CO. The molecule has 3 rings (SSSR count). The van der Waals surface area contributed by atoms with Crippen LogP contribution in [0.5, 0.6) is 0 Å². The average molecular weight is 296 g/mol. The number of hydrogen-bond donors (Lipinski definition) is 1. The van der Waals surface area contributed by atoms with Crippen LogP contribution in [0, 0.1) is 6.92 Å². The highest BCUT2D eigenvalue weighted by atomic mass is 35.5. The Balaban J connectivity index is 2.15. The molecule has 6 nitrogen and oxygen atoms in total. The van der Waals surface area contributed by atoms with Gasteiger partial charge in [-0.1, -0.05) is 24.4 Å². The molecule has 2 aromatic rings. The third-order valence-electron chi connectivity index (χ3n) is 3.93. The van der Waals surface area contributed by atoms with E-state index in [1.165, 1.54) is 12.7 Å². The number of fused-ring (bicyclic) bond motifs is 1. The van der Waals surface area contributed by atoms with Crippen molar-refractivity contribution in [3.63, 3.8) is 0 Å². The highest BCUT2D eigenvalue weighted by Crippen LogP contribution is 2.30. The molecule has 0 aromatic carbocycles. The summed E-state index contributed by atoms with van der Waals surface area (Å²) in [6.45, 7) is 2.96. The maximum absolute atomic E-state index is 9.70. The summed E-state index contributed by atoms with van der Waals surface area (Å²) in [7, 11) is 0. The molecule has 1 fully saturated rings. The van der Waals surface area contributed by atoms with Crippen molar-refractivity contribution >= 4 is 23.2 Å². The molecule has 1 aliphatic rings. The molecule has 1 aliphatic heterocycles. The van der Waals surface area contributed by atoms with Crippen LogP contribution < -0.4 is 4.90 Å². The average Bonchev–Trinajstić information content (AvgIpc) is 2.77. The number of halogens is 1. The molecule has 1 unspecified atom stereocenters. The van der Waals surface area contributed by atoms with Gasteiger partial charge in [0.25, 0.3) is 5.78 Å². The van der Waals surface area contributed by atoms with Crippen molar-refractivity contribution in [1.29, 1.82) is 0 Å². The first-order chi connectivity index (χ1) is 9.72. The molecular weight excluding hydrogens is 278 g/mol. The van der Waals surface area contributed by atoms with Crippen LogP contribution in [0.3, 0.4) is 0 Å². The molecule has 2 aromatic heterocycles. The van der Waals surface area contributed by atoms with Gasteiger partial charge < -0.3 is 10.0 Å². The van der Waals surface area contributed by atoms with Gasteiger partial charge in [0.1, 0.15) is 17.3 Å². The lowest BCUT2D eigenvalue weighted by molar-refractivity contribution is 0.254. The zero-order chi connectivity index (χ0) is 14.1. The van der Waals surface area contributed by atoms with Gasteiger partial charge in [-0.25, -0.2) is 0 Å². The first-order valence-electron chi connectivity index (χ1n) is 6.95. The van der Waals surface area contributed by atoms with Crippen LogP contribution in [0.15, 0.2) is 6.33 Å². The molecular formula is C13H18ClN5O. The number of rotatable bonds is 2. The maximum Gasteiger partial charge on any atom is 0.255 e. The van der Waals surface area contributed by atoms with E-state index >= 15 is 0 Å². The van der Waals surface area contributed by atoms with Crippen LogP contribution in [0.4, 0.5) is 5.82 Å². The second-order valence-electron chi connectivity index (χ2n) is 5.20. The quantitative estimate of drug-likeness (QED) is 0.856. The number of aliphatic hydroxyl groups excluding tert-OH is 1. The van der Waals surface area contributed by atoms with E-state index in [0.717, 1.165) is 37.2 Å². The Morgan fingerprint density at radius 2 is 2.25 bits per heavy atom. The summed E-state index contributed by atoms with van der Waals surface area (Å²) in [5.41, 5.74) is 0.880. The fourth-order valence-corrected chi connectivity index (χ4v) is 3.03. The van der Waals surface area contributed by atoms with Crippen molar-refractivity contribution < 1.29 is 5.11 Å². The summed E-state index contributed by atoms with van der Waals surface area (Å²) in [4.78, 5) is 10.6. The molecule has 0 amide bonds. The predicted molar refractivity (Wildman–Crippen MR) is 77.2 cm³/mol. The van der Waals surface area contributed by atoms with Crippen molar-refractivity contribution in [2.45, 2.75) is 38.6 Å². The van der Waals surface area contributed by atoms with Crippen LogP contribution in [0.2, 0.25) is 5.15 Å². The summed E-state index contributed by atoms with van der Waals surface area (Å²) in [5, 5.41) is 14.4. The Hall–Kier alpha value is -1.40. The Morgan fingerprint density at radius 3 is 3.05 bits per heavy atom. The Labute approximate surface area is 122 Å². The zero-order valence-corrected chi connectivity index (χ0v) is 12.2. The molecule has 1 saturated heterocycles. The molecule has 20 heavy (non-hydrogen) atoms. The first-order valence-corrected chi connectivity index (χ1v) is 7.33. The van der Waals surface area contributed by atoms with Crippen LogP contribution in [-0.4, -0.2) is 43.9 Å². The van der Waals surface area contributed by atoms with Gasteiger partial charge in [-0.05, 0) is 19.8 Å². The van der Waals surface area contributed by atoms with E-state index < -0.39 is 0 Å². The molecule has 1 N–H and O–H groups in total. The second kappa shape index (κ2) is 5.54. The lowest BCUT2D eigenvalue weighted by atomic mass is 10.1. The van der Waals surface area contributed by atoms with E-state index in [0.29, 0.717) is 10.9 Å². The third-order valence-corrected chi connectivity index (χ3v) is 4.30. The zero-order valence-electron chi connectivity index (χ0n) is 11.5. The van der Waals surface area contributed by atoms with Crippen molar-refractivity contribution in [2.75, 3.05) is 18.1 Å². The van der Waals surface area contributed by atoms with Gasteiger partial charge in [-0.3, -0.25) is 0 Å². The van der Waals surface area contributed by atoms with Crippen molar-refractivity contribution in [3.8, 4) is 0 Å². The summed E-state index contributed by atoms with van der Waals surface area (Å²) >= 11 is 6.22. The Kier molecular flexibility index (Phi) is 3.76. The second-order valence-corrected chi connectivity index (χ2v) is 5.56. The number of hydrogen-bond acceptors (Lipinski definition) is 5. The minimum Gasteiger partial charge on any atom is -0.394 e. The van der Waals surface area contributed by atoms with E-state index in [-0.39, 0.29) is 12.6 Å². The van der Waals surface area contributed by atoms with Gasteiger partial charge >= 0.3 is 0 Å². The topological polar surface area (TPSA) is 66.5 Å². The fourth-order valence-electron chi connectivity index (χ4n) is 2.87. The van der Waals surface area contributed by atoms with E-state index in [2.05, 4.69) is 20.0 Å². The maximum atomic E-state index is 9.70. The molecule has 108 valence electrons. The van der Waals surface area contributed by atoms with Crippen LogP contribution >= 0.6 is 11.6 Å². The first kappa shape index (κ1) is 13.6. The van der Waals surface area contributed by atoms with Gasteiger partial charge in [-0.15, -0.1) is 0 Å². The Morgan fingerprint density at radius 1 is 1.40 bits per heavy atom. The fraction of sp³-hybridized carbons (Fsp3) is 0.615. The van der Waals surface area contributed by atoms with Crippen LogP contribution in [-0.2, 0) is 0 Å². The lowest BCUT2D eigenvalue weighted by Crippen LogP contribution is -2.39. The van der Waals surface area contributed by atoms with E-state index in [9.17, 15) is 5.11 Å². The number of aromatic nitrogens is 4. The van der Waals surface area contributed by atoms with E-state index in [1.54, 1.807) is 4.52 Å². The molecule has 1 atom stereocenters. The van der Waals surface area contributed by atoms with Gasteiger partial charge in [0.05, 0.1) is 12.6 Å². The summed E-state index contributed by atoms with van der Waals surface area (Å²) in [6, 6.07) is 0.0991. The van der Waals surface area contributed by atoms with Gasteiger partial charge in [-0.2, -0.15) is 19.6 Å². The predicted octanol–water partition coefficient (Wildman–Crippen LogP) is 1.83. The summed E-state index contributed by atoms with van der Waals surface area (Å²) in [5.74, 6) is 1.40. The normalized spacial score (nSPS) is 20.4. The molecule has 3 heterocycles. The summed E-state index contributed by atoms with van der Waals surface area (Å²) in [6.07, 6.45) is 5.89. The molecule has 0 bridgehead atoms. The van der Waals surface area contributed by atoms with Crippen LogP contribution in [0.1, 0.15) is 31.2 Å². The molecule has 0 radical (unpaired) electrons. The van der Waals surface area contributed by atoms with Crippen LogP contribution in [0.25, 0.3) is 5.78 Å². The molecule has 0 saturated carbocycles. The largest absolute Gasteiger partial charge is 0.394 e. The van der Waals surface area contributed by atoms with E-state index in [1.807, 2.05) is 6.92 Å². The van der Waals surface area contributed by atoms with Gasteiger partial charge in [0.15, 0.2) is 0 Å². The highest BCUT2D eigenvalue weighted by molar-refractivity contribution is 6.30. The monoisotopic (exact) mass is 295 g/mol. The van der Waals surface area contributed by atoms with Crippen molar-refractivity contribution in [2.24, 2.45) is 0 Å².